The van der Waals surface area contributed by atoms with Crippen LogP contribution in [0.5, 0.6) is 0 Å². The minimum absolute atomic E-state index is 0.823. The Bertz CT molecular complexity index is 373. The fourth-order valence-electron chi connectivity index (χ4n) is 1.34. The van der Waals surface area contributed by atoms with Gasteiger partial charge in [-0.2, -0.15) is 0 Å². The van der Waals surface area contributed by atoms with Crippen LogP contribution in [0.1, 0.15) is 23.6 Å². The molecule has 0 heterocycles. The number of rotatable bonds is 2. The molecule has 74 valence electrons. The summed E-state index contributed by atoms with van der Waals surface area (Å²) in [6, 6.07) is 6.31. The van der Waals surface area contributed by atoms with Crippen molar-refractivity contribution in [2.45, 2.75) is 20.8 Å². The molecule has 1 rings (SSSR count). The number of hydrogen-bond acceptors (Lipinski definition) is 1. The van der Waals surface area contributed by atoms with Crippen molar-refractivity contribution in [2.75, 3.05) is 0 Å². The van der Waals surface area contributed by atoms with E-state index in [0.717, 1.165) is 11.3 Å². The Hall–Kier alpha value is -1.50. The van der Waals surface area contributed by atoms with Gasteiger partial charge in [-0.1, -0.05) is 29.8 Å². The van der Waals surface area contributed by atoms with Crippen LogP contribution in [-0.4, -0.2) is 0 Å². The molecule has 14 heavy (non-hydrogen) atoms. The van der Waals surface area contributed by atoms with E-state index < -0.39 is 0 Å². The van der Waals surface area contributed by atoms with Gasteiger partial charge in [0, 0.05) is 11.3 Å². The van der Waals surface area contributed by atoms with Crippen molar-refractivity contribution < 1.29 is 0 Å². The van der Waals surface area contributed by atoms with E-state index >= 15 is 0 Å². The van der Waals surface area contributed by atoms with E-state index in [4.69, 9.17) is 5.73 Å². The molecule has 0 unspecified atom stereocenters. The number of allylic oxidation sites excluding steroid dienone is 3. The third-order valence-corrected chi connectivity index (χ3v) is 2.17. The summed E-state index contributed by atoms with van der Waals surface area (Å²) in [6.45, 7) is 6.13. The Morgan fingerprint density at radius 3 is 2.64 bits per heavy atom. The average Bonchev–Trinajstić information content (AvgIpc) is 2.18. The van der Waals surface area contributed by atoms with E-state index in [1.54, 1.807) is 0 Å². The molecule has 1 heteroatoms. The van der Waals surface area contributed by atoms with Crippen molar-refractivity contribution >= 4 is 5.70 Å². The zero-order chi connectivity index (χ0) is 10.6. The van der Waals surface area contributed by atoms with E-state index in [-0.39, 0.29) is 0 Å². The third-order valence-electron chi connectivity index (χ3n) is 2.17. The molecule has 0 fully saturated rings. The van der Waals surface area contributed by atoms with Crippen molar-refractivity contribution in [1.82, 2.24) is 0 Å². The molecule has 0 saturated carbocycles. The predicted octanol–water partition coefficient (Wildman–Crippen LogP) is 3.18. The molecule has 0 saturated heterocycles. The van der Waals surface area contributed by atoms with Gasteiger partial charge in [0.1, 0.15) is 0 Å². The first-order chi connectivity index (χ1) is 6.65. The lowest BCUT2D eigenvalue weighted by atomic mass is 10.0. The van der Waals surface area contributed by atoms with Gasteiger partial charge in [-0.05, 0) is 38.5 Å². The van der Waals surface area contributed by atoms with E-state index in [1.165, 1.54) is 11.1 Å². The van der Waals surface area contributed by atoms with Crippen LogP contribution in [-0.2, 0) is 0 Å². The number of aryl methyl sites for hydroxylation is 2. The average molecular weight is 187 g/mol. The van der Waals surface area contributed by atoms with Crippen molar-refractivity contribution in [2.24, 2.45) is 5.73 Å². The summed E-state index contributed by atoms with van der Waals surface area (Å²) in [7, 11) is 0. The predicted molar refractivity (Wildman–Crippen MR) is 62.9 cm³/mol. The van der Waals surface area contributed by atoms with Crippen LogP contribution in [0.4, 0.5) is 0 Å². The lowest BCUT2D eigenvalue weighted by molar-refractivity contribution is 1.34. The summed E-state index contributed by atoms with van der Waals surface area (Å²) in [5.41, 5.74) is 10.4. The van der Waals surface area contributed by atoms with Crippen LogP contribution in [0.25, 0.3) is 5.70 Å². The maximum atomic E-state index is 5.96. The fourth-order valence-corrected chi connectivity index (χ4v) is 1.34. The topological polar surface area (TPSA) is 26.0 Å². The summed E-state index contributed by atoms with van der Waals surface area (Å²) < 4.78 is 0. The highest BCUT2D eigenvalue weighted by molar-refractivity contribution is 5.67. The second-order valence-corrected chi connectivity index (χ2v) is 3.47. The first-order valence-electron chi connectivity index (χ1n) is 4.81. The smallest absolute Gasteiger partial charge is 0.0390 e. The molecular weight excluding hydrogens is 170 g/mol. The van der Waals surface area contributed by atoms with Crippen molar-refractivity contribution in [3.05, 3.63) is 53.1 Å². The second kappa shape index (κ2) is 4.66. The minimum Gasteiger partial charge on any atom is -0.398 e. The summed E-state index contributed by atoms with van der Waals surface area (Å²) in [4.78, 5) is 0. The van der Waals surface area contributed by atoms with Gasteiger partial charge in [0.2, 0.25) is 0 Å². The molecule has 0 amide bonds. The molecule has 0 aromatic heterocycles. The molecular formula is C13H17N. The quantitative estimate of drug-likeness (QED) is 0.707. The molecule has 0 aliphatic heterocycles. The third kappa shape index (κ3) is 2.49. The zero-order valence-electron chi connectivity index (χ0n) is 9.04. The van der Waals surface area contributed by atoms with Gasteiger partial charge < -0.3 is 5.73 Å². The molecule has 0 radical (unpaired) electrons. The number of benzene rings is 1. The van der Waals surface area contributed by atoms with Gasteiger partial charge >= 0.3 is 0 Å². The van der Waals surface area contributed by atoms with Gasteiger partial charge in [0.15, 0.2) is 0 Å². The Morgan fingerprint density at radius 2 is 2.00 bits per heavy atom. The SMILES string of the molecule is C/C=C\C=C(/N)c1cc(C)ccc1C. The lowest BCUT2D eigenvalue weighted by Crippen LogP contribution is -1.98. The summed E-state index contributed by atoms with van der Waals surface area (Å²) in [6.07, 6.45) is 5.86. The van der Waals surface area contributed by atoms with E-state index in [9.17, 15) is 0 Å². The molecule has 0 aliphatic carbocycles. The van der Waals surface area contributed by atoms with E-state index in [1.807, 2.05) is 25.2 Å². The van der Waals surface area contributed by atoms with Gasteiger partial charge in [0.25, 0.3) is 0 Å². The Labute approximate surface area is 85.9 Å². The van der Waals surface area contributed by atoms with Crippen molar-refractivity contribution in [1.29, 1.82) is 0 Å². The van der Waals surface area contributed by atoms with E-state index in [0.29, 0.717) is 0 Å². The monoisotopic (exact) mass is 187 g/mol. The highest BCUT2D eigenvalue weighted by Gasteiger charge is 2.00. The maximum absolute atomic E-state index is 5.96. The zero-order valence-corrected chi connectivity index (χ0v) is 9.04. The summed E-state index contributed by atoms with van der Waals surface area (Å²) >= 11 is 0. The fraction of sp³-hybridized carbons (Fsp3) is 0.231. The Balaban J connectivity index is 3.11. The van der Waals surface area contributed by atoms with Crippen LogP contribution in [0.3, 0.4) is 0 Å². The standard InChI is InChI=1S/C13H17N/c1-4-5-6-13(14)12-9-10(2)7-8-11(12)3/h4-9H,14H2,1-3H3/b5-4-,13-6-. The largest absolute Gasteiger partial charge is 0.398 e. The van der Waals surface area contributed by atoms with Crippen LogP contribution in [0.15, 0.2) is 36.4 Å². The highest BCUT2D eigenvalue weighted by Crippen LogP contribution is 2.16. The van der Waals surface area contributed by atoms with Gasteiger partial charge in [0.05, 0.1) is 0 Å². The Morgan fingerprint density at radius 1 is 1.29 bits per heavy atom. The van der Waals surface area contributed by atoms with Gasteiger partial charge in [-0.15, -0.1) is 0 Å². The van der Waals surface area contributed by atoms with Crippen molar-refractivity contribution in [3.8, 4) is 0 Å². The number of hydrogen-bond donors (Lipinski definition) is 1. The molecule has 1 nitrogen and oxygen atoms in total. The number of nitrogens with two attached hydrogens (primary N) is 1. The first kappa shape index (κ1) is 10.6. The molecule has 0 aliphatic rings. The molecule has 0 atom stereocenters. The van der Waals surface area contributed by atoms with Gasteiger partial charge in [-0.3, -0.25) is 0 Å². The van der Waals surface area contributed by atoms with Crippen LogP contribution < -0.4 is 5.73 Å². The second-order valence-electron chi connectivity index (χ2n) is 3.47. The first-order valence-corrected chi connectivity index (χ1v) is 4.81. The molecule has 1 aromatic rings. The molecule has 1 aromatic carbocycles. The molecule has 0 bridgehead atoms. The highest BCUT2D eigenvalue weighted by atomic mass is 14.6. The lowest BCUT2D eigenvalue weighted by Gasteiger charge is -2.06. The minimum atomic E-state index is 0.823. The van der Waals surface area contributed by atoms with Crippen LogP contribution in [0.2, 0.25) is 0 Å². The molecule has 2 N–H and O–H groups in total. The summed E-state index contributed by atoms with van der Waals surface area (Å²) in [5, 5.41) is 0. The maximum Gasteiger partial charge on any atom is 0.0390 e. The van der Waals surface area contributed by atoms with Gasteiger partial charge in [-0.25, -0.2) is 0 Å². The summed E-state index contributed by atoms with van der Waals surface area (Å²) in [5.74, 6) is 0. The van der Waals surface area contributed by atoms with Crippen LogP contribution in [0, 0.1) is 13.8 Å². The van der Waals surface area contributed by atoms with Crippen LogP contribution >= 0.6 is 0 Å². The molecule has 0 spiro atoms. The normalized spacial score (nSPS) is 12.4. The van der Waals surface area contributed by atoms with Crippen molar-refractivity contribution in [3.63, 3.8) is 0 Å². The Kier molecular flexibility index (Phi) is 3.52. The van der Waals surface area contributed by atoms with E-state index in [2.05, 4.69) is 32.0 Å².